The summed E-state index contributed by atoms with van der Waals surface area (Å²) < 4.78 is 0. The fraction of sp³-hybridized carbons (Fsp3) is 0.588. The Hall–Kier alpha value is -1.51. The first-order chi connectivity index (χ1) is 9.56. The molecule has 3 heteroatoms. The van der Waals surface area contributed by atoms with Crippen LogP contribution in [0.4, 0.5) is 0 Å². The number of benzene rings is 1. The lowest BCUT2D eigenvalue weighted by atomic mass is 9.99. The molecule has 0 aromatic heterocycles. The number of aryl methyl sites for hydroxylation is 1. The summed E-state index contributed by atoms with van der Waals surface area (Å²) in [7, 11) is 0. The Morgan fingerprint density at radius 2 is 2.10 bits per heavy atom. The Balaban J connectivity index is 1.91. The lowest BCUT2D eigenvalue weighted by Crippen LogP contribution is -2.42. The van der Waals surface area contributed by atoms with Crippen molar-refractivity contribution in [3.8, 4) is 0 Å². The maximum absolute atomic E-state index is 6.13. The second-order valence-electron chi connectivity index (χ2n) is 6.18. The van der Waals surface area contributed by atoms with Crippen molar-refractivity contribution in [3.63, 3.8) is 0 Å². The van der Waals surface area contributed by atoms with Crippen LogP contribution < -0.4 is 5.73 Å². The zero-order chi connectivity index (χ0) is 14.5. The molecule has 1 aromatic rings. The molecular weight excluding hydrogens is 246 g/mol. The molecule has 1 unspecified atom stereocenters. The van der Waals surface area contributed by atoms with Crippen molar-refractivity contribution in [2.24, 2.45) is 16.6 Å². The zero-order valence-corrected chi connectivity index (χ0v) is 13.0. The third kappa shape index (κ3) is 3.99. The van der Waals surface area contributed by atoms with Crippen LogP contribution in [0.1, 0.15) is 43.7 Å². The standard InChI is InChI=1S/C17H27N3/c1-13-7-9-20(10-8-13)17(18)19-12-15(3)16-6-4-5-14(2)11-16/h4-6,11,13,15H,7-10,12H2,1-3H3,(H2,18,19). The molecule has 2 rings (SSSR count). The highest BCUT2D eigenvalue weighted by Gasteiger charge is 2.17. The van der Waals surface area contributed by atoms with E-state index in [1.54, 1.807) is 0 Å². The van der Waals surface area contributed by atoms with E-state index in [1.165, 1.54) is 24.0 Å². The summed E-state index contributed by atoms with van der Waals surface area (Å²) in [6.07, 6.45) is 2.45. The summed E-state index contributed by atoms with van der Waals surface area (Å²) in [5.74, 6) is 1.96. The van der Waals surface area contributed by atoms with Crippen LogP contribution in [0.2, 0.25) is 0 Å². The molecule has 110 valence electrons. The molecule has 0 saturated carbocycles. The second kappa shape index (κ2) is 6.78. The van der Waals surface area contributed by atoms with Crippen molar-refractivity contribution in [3.05, 3.63) is 35.4 Å². The summed E-state index contributed by atoms with van der Waals surface area (Å²) in [5, 5.41) is 0. The van der Waals surface area contributed by atoms with Gasteiger partial charge in [-0.3, -0.25) is 4.99 Å². The molecule has 1 fully saturated rings. The number of nitrogens with two attached hydrogens (primary N) is 1. The number of rotatable bonds is 3. The number of aliphatic imine (C=N–C) groups is 1. The van der Waals surface area contributed by atoms with Gasteiger partial charge in [0.15, 0.2) is 5.96 Å². The molecule has 1 aromatic carbocycles. The monoisotopic (exact) mass is 273 g/mol. The first kappa shape index (κ1) is 14.9. The second-order valence-corrected chi connectivity index (χ2v) is 6.18. The molecule has 1 atom stereocenters. The Labute approximate surface area is 122 Å². The summed E-state index contributed by atoms with van der Waals surface area (Å²) in [6.45, 7) is 9.52. The first-order valence-corrected chi connectivity index (χ1v) is 7.67. The first-order valence-electron chi connectivity index (χ1n) is 7.67. The van der Waals surface area contributed by atoms with Gasteiger partial charge in [0, 0.05) is 25.6 Å². The van der Waals surface area contributed by atoms with Gasteiger partial charge in [0.2, 0.25) is 0 Å². The predicted molar refractivity (Wildman–Crippen MR) is 86.1 cm³/mol. The molecule has 2 N–H and O–H groups in total. The lowest BCUT2D eigenvalue weighted by Gasteiger charge is -2.31. The van der Waals surface area contributed by atoms with Crippen LogP contribution in [-0.4, -0.2) is 30.5 Å². The van der Waals surface area contributed by atoms with Crippen molar-refractivity contribution in [1.29, 1.82) is 0 Å². The van der Waals surface area contributed by atoms with Crippen molar-refractivity contribution in [1.82, 2.24) is 4.90 Å². The predicted octanol–water partition coefficient (Wildman–Crippen LogP) is 3.15. The highest BCUT2D eigenvalue weighted by molar-refractivity contribution is 5.78. The van der Waals surface area contributed by atoms with E-state index in [0.29, 0.717) is 5.92 Å². The zero-order valence-electron chi connectivity index (χ0n) is 13.0. The van der Waals surface area contributed by atoms with Gasteiger partial charge in [0.1, 0.15) is 0 Å². The molecule has 0 bridgehead atoms. The van der Waals surface area contributed by atoms with E-state index in [4.69, 9.17) is 5.73 Å². The highest BCUT2D eigenvalue weighted by Crippen LogP contribution is 2.18. The summed E-state index contributed by atoms with van der Waals surface area (Å²) in [4.78, 5) is 6.82. The molecule has 20 heavy (non-hydrogen) atoms. The number of piperidine rings is 1. The average Bonchev–Trinajstić information content (AvgIpc) is 2.45. The van der Waals surface area contributed by atoms with Gasteiger partial charge >= 0.3 is 0 Å². The van der Waals surface area contributed by atoms with Gasteiger partial charge in [-0.25, -0.2) is 0 Å². The van der Waals surface area contributed by atoms with Crippen molar-refractivity contribution in [2.75, 3.05) is 19.6 Å². The molecule has 1 aliphatic heterocycles. The smallest absolute Gasteiger partial charge is 0.191 e. The van der Waals surface area contributed by atoms with Gasteiger partial charge < -0.3 is 10.6 Å². The fourth-order valence-electron chi connectivity index (χ4n) is 2.65. The van der Waals surface area contributed by atoms with Crippen LogP contribution in [-0.2, 0) is 0 Å². The minimum absolute atomic E-state index is 0.414. The van der Waals surface area contributed by atoms with Crippen molar-refractivity contribution >= 4 is 5.96 Å². The SMILES string of the molecule is Cc1cccc(C(C)CN=C(N)N2CCC(C)CC2)c1. The van der Waals surface area contributed by atoms with Crippen LogP contribution in [0.5, 0.6) is 0 Å². The van der Waals surface area contributed by atoms with E-state index in [-0.39, 0.29) is 0 Å². The van der Waals surface area contributed by atoms with Gasteiger partial charge in [-0.15, -0.1) is 0 Å². The summed E-state index contributed by atoms with van der Waals surface area (Å²) in [6, 6.07) is 8.65. The van der Waals surface area contributed by atoms with Gasteiger partial charge in [-0.05, 0) is 31.2 Å². The van der Waals surface area contributed by atoms with Crippen LogP contribution in [0.15, 0.2) is 29.3 Å². The average molecular weight is 273 g/mol. The fourth-order valence-corrected chi connectivity index (χ4v) is 2.65. The Morgan fingerprint density at radius 1 is 1.40 bits per heavy atom. The number of guanidine groups is 1. The Bertz CT molecular complexity index is 459. The van der Waals surface area contributed by atoms with Crippen molar-refractivity contribution in [2.45, 2.75) is 39.5 Å². The van der Waals surface area contributed by atoms with Gasteiger partial charge in [0.25, 0.3) is 0 Å². The Kier molecular flexibility index (Phi) is 5.05. The molecule has 1 heterocycles. The largest absolute Gasteiger partial charge is 0.370 e. The topological polar surface area (TPSA) is 41.6 Å². The van der Waals surface area contributed by atoms with Gasteiger partial charge in [-0.2, -0.15) is 0 Å². The van der Waals surface area contributed by atoms with Crippen LogP contribution in [0, 0.1) is 12.8 Å². The molecule has 0 spiro atoms. The summed E-state index contributed by atoms with van der Waals surface area (Å²) >= 11 is 0. The number of nitrogens with zero attached hydrogens (tertiary/aromatic N) is 2. The minimum atomic E-state index is 0.414. The lowest BCUT2D eigenvalue weighted by molar-refractivity contribution is 0.277. The molecule has 0 amide bonds. The van der Waals surface area contributed by atoms with Crippen LogP contribution in [0.3, 0.4) is 0 Å². The summed E-state index contributed by atoms with van der Waals surface area (Å²) in [5.41, 5.74) is 8.77. The number of likely N-dealkylation sites (tertiary alicyclic amines) is 1. The van der Waals surface area contributed by atoms with E-state index in [9.17, 15) is 0 Å². The van der Waals surface area contributed by atoms with Crippen molar-refractivity contribution < 1.29 is 0 Å². The minimum Gasteiger partial charge on any atom is -0.370 e. The van der Waals surface area contributed by atoms with Gasteiger partial charge in [0.05, 0.1) is 0 Å². The Morgan fingerprint density at radius 3 is 2.75 bits per heavy atom. The molecule has 0 aliphatic carbocycles. The van der Waals surface area contributed by atoms with E-state index in [1.807, 2.05) is 0 Å². The molecule has 0 radical (unpaired) electrons. The molecule has 1 aliphatic rings. The van der Waals surface area contributed by atoms with E-state index < -0.39 is 0 Å². The third-order valence-corrected chi connectivity index (χ3v) is 4.25. The van der Waals surface area contributed by atoms with Crippen LogP contribution in [0.25, 0.3) is 0 Å². The van der Waals surface area contributed by atoms with E-state index >= 15 is 0 Å². The molecule has 1 saturated heterocycles. The van der Waals surface area contributed by atoms with E-state index in [0.717, 1.165) is 31.5 Å². The maximum Gasteiger partial charge on any atom is 0.191 e. The molecule has 3 nitrogen and oxygen atoms in total. The normalized spacial score (nSPS) is 19.1. The molecular formula is C17H27N3. The quantitative estimate of drug-likeness (QED) is 0.679. The number of hydrogen-bond acceptors (Lipinski definition) is 1. The van der Waals surface area contributed by atoms with E-state index in [2.05, 4.69) is 54.9 Å². The van der Waals surface area contributed by atoms with Crippen LogP contribution >= 0.6 is 0 Å². The maximum atomic E-state index is 6.13. The third-order valence-electron chi connectivity index (χ3n) is 4.25. The van der Waals surface area contributed by atoms with Gasteiger partial charge in [-0.1, -0.05) is 43.7 Å². The highest BCUT2D eigenvalue weighted by atomic mass is 15.3. The number of hydrogen-bond donors (Lipinski definition) is 1.